The van der Waals surface area contributed by atoms with E-state index in [4.69, 9.17) is 0 Å². The van der Waals surface area contributed by atoms with E-state index < -0.39 is 7.25 Å². The standard InChI is InChI=1S/C33H33N2.BF4/c1-5-13-26(14-6-1)30-21-22-31(27-15-7-2-8-16-27)34(30)25-35-32(28-17-9-3-10-18-28)23-24-33(35)29-19-11-4-12-20-29;2-1(3,4)5/h1-20,25,30-33H,21-24H2;/q+1;-1/t30-,31-,32-,33-;/m0./s1. The molecule has 2 aliphatic rings. The molecule has 2 heterocycles. The lowest BCUT2D eigenvalue weighted by Gasteiger charge is -2.26. The molecule has 0 aromatic heterocycles. The molecule has 0 bridgehead atoms. The summed E-state index contributed by atoms with van der Waals surface area (Å²) >= 11 is 0. The van der Waals surface area contributed by atoms with Gasteiger partial charge in [-0.05, 0) is 47.9 Å². The average Bonchev–Trinajstić information content (AvgIpc) is 3.59. The summed E-state index contributed by atoms with van der Waals surface area (Å²) < 4.78 is 41.7. The Kier molecular flexibility index (Phi) is 8.68. The molecule has 6 rings (SSSR count). The number of nitrogens with zero attached hydrogens (tertiary/aromatic N) is 2. The SMILES string of the molecule is C(N1[C@H](c2ccccc2)CC[C@H]1c1ccccc1)=[N+]1[C@H](c2ccccc2)CC[C@H]1c1ccccc1.F[B-](F)(F)F. The van der Waals surface area contributed by atoms with Crippen molar-refractivity contribution in [3.63, 3.8) is 0 Å². The topological polar surface area (TPSA) is 6.25 Å². The second-order valence-corrected chi connectivity index (χ2v) is 10.4. The Hall–Kier alpha value is -3.87. The predicted octanol–water partition coefficient (Wildman–Crippen LogP) is 9.18. The molecule has 2 saturated heterocycles. The molecule has 2 fully saturated rings. The smallest absolute Gasteiger partial charge is 0.418 e. The van der Waals surface area contributed by atoms with Crippen molar-refractivity contribution in [2.24, 2.45) is 0 Å². The molecule has 2 nitrogen and oxygen atoms in total. The third-order valence-electron chi connectivity index (χ3n) is 7.87. The van der Waals surface area contributed by atoms with Crippen LogP contribution in [0.1, 0.15) is 72.1 Å². The van der Waals surface area contributed by atoms with Crippen LogP contribution in [-0.2, 0) is 0 Å². The first kappa shape index (κ1) is 27.7. The molecular weight excluding hydrogens is 511 g/mol. The van der Waals surface area contributed by atoms with E-state index in [9.17, 15) is 17.3 Å². The molecule has 0 N–H and O–H groups in total. The van der Waals surface area contributed by atoms with E-state index in [0.29, 0.717) is 24.2 Å². The van der Waals surface area contributed by atoms with Gasteiger partial charge in [-0.15, -0.1) is 0 Å². The molecule has 40 heavy (non-hydrogen) atoms. The summed E-state index contributed by atoms with van der Waals surface area (Å²) in [7, 11) is -6.00. The summed E-state index contributed by atoms with van der Waals surface area (Å²) in [5.41, 5.74) is 5.64. The lowest BCUT2D eigenvalue weighted by Crippen LogP contribution is -2.31. The van der Waals surface area contributed by atoms with Crippen LogP contribution in [0.15, 0.2) is 121 Å². The lowest BCUT2D eigenvalue weighted by molar-refractivity contribution is -0.590. The van der Waals surface area contributed by atoms with Crippen LogP contribution in [0.4, 0.5) is 17.3 Å². The van der Waals surface area contributed by atoms with Crippen molar-refractivity contribution >= 4 is 13.6 Å². The van der Waals surface area contributed by atoms with Gasteiger partial charge in [-0.2, -0.15) is 0 Å². The van der Waals surface area contributed by atoms with Crippen LogP contribution >= 0.6 is 0 Å². The van der Waals surface area contributed by atoms with Crippen LogP contribution < -0.4 is 0 Å². The first-order valence-electron chi connectivity index (χ1n) is 13.9. The van der Waals surface area contributed by atoms with Gasteiger partial charge in [0.1, 0.15) is 24.2 Å². The van der Waals surface area contributed by atoms with Crippen molar-refractivity contribution in [2.75, 3.05) is 0 Å². The quantitative estimate of drug-likeness (QED) is 0.105. The van der Waals surface area contributed by atoms with Crippen molar-refractivity contribution in [3.05, 3.63) is 144 Å². The monoisotopic (exact) mass is 544 g/mol. The molecule has 4 atom stereocenters. The van der Waals surface area contributed by atoms with Crippen molar-refractivity contribution in [2.45, 2.75) is 49.9 Å². The van der Waals surface area contributed by atoms with Gasteiger partial charge in [0.05, 0.1) is 0 Å². The zero-order chi connectivity index (χ0) is 28.0. The van der Waals surface area contributed by atoms with Crippen LogP contribution in [-0.4, -0.2) is 23.1 Å². The Morgan fingerprint density at radius 1 is 0.500 bits per heavy atom. The van der Waals surface area contributed by atoms with Gasteiger partial charge < -0.3 is 17.3 Å². The van der Waals surface area contributed by atoms with E-state index in [1.807, 2.05) is 0 Å². The molecule has 0 spiro atoms. The molecule has 4 aromatic rings. The molecule has 0 radical (unpaired) electrons. The second-order valence-electron chi connectivity index (χ2n) is 10.4. The van der Waals surface area contributed by atoms with Gasteiger partial charge >= 0.3 is 7.25 Å². The van der Waals surface area contributed by atoms with Crippen molar-refractivity contribution < 1.29 is 21.8 Å². The highest BCUT2D eigenvalue weighted by Crippen LogP contribution is 2.45. The van der Waals surface area contributed by atoms with E-state index >= 15 is 0 Å². The lowest BCUT2D eigenvalue weighted by atomic mass is 10.0. The van der Waals surface area contributed by atoms with E-state index in [1.165, 1.54) is 47.9 Å². The Bertz CT molecular complexity index is 1260. The third kappa shape index (κ3) is 6.82. The zero-order valence-corrected chi connectivity index (χ0v) is 22.2. The predicted molar refractivity (Wildman–Crippen MR) is 154 cm³/mol. The highest BCUT2D eigenvalue weighted by molar-refractivity contribution is 6.50. The van der Waals surface area contributed by atoms with Crippen LogP contribution in [0, 0.1) is 0 Å². The van der Waals surface area contributed by atoms with E-state index in [1.54, 1.807) is 0 Å². The van der Waals surface area contributed by atoms with Gasteiger partial charge in [-0.1, -0.05) is 121 Å². The normalized spacial score (nSPS) is 22.5. The fourth-order valence-electron chi connectivity index (χ4n) is 6.19. The summed E-state index contributed by atoms with van der Waals surface area (Å²) in [6.45, 7) is 0. The van der Waals surface area contributed by atoms with Crippen LogP contribution in [0.25, 0.3) is 0 Å². The van der Waals surface area contributed by atoms with Gasteiger partial charge in [0.15, 0.2) is 0 Å². The van der Waals surface area contributed by atoms with Crippen molar-refractivity contribution in [3.8, 4) is 0 Å². The Balaban J connectivity index is 0.000000595. The Labute approximate surface area is 233 Å². The van der Waals surface area contributed by atoms with Gasteiger partial charge in [-0.3, -0.25) is 9.48 Å². The third-order valence-corrected chi connectivity index (χ3v) is 7.87. The maximum atomic E-state index is 9.75. The maximum absolute atomic E-state index is 9.75. The summed E-state index contributed by atoms with van der Waals surface area (Å²) in [4.78, 5) is 2.67. The molecule has 0 saturated carbocycles. The Morgan fingerprint density at radius 3 is 1.12 bits per heavy atom. The minimum absolute atomic E-state index is 0.384. The highest BCUT2D eigenvalue weighted by Gasteiger charge is 2.42. The van der Waals surface area contributed by atoms with Gasteiger partial charge in [-0.25, -0.2) is 0 Å². The number of benzene rings is 4. The fourth-order valence-corrected chi connectivity index (χ4v) is 6.19. The largest absolute Gasteiger partial charge is 0.673 e. The molecule has 0 aliphatic carbocycles. The molecule has 206 valence electrons. The van der Waals surface area contributed by atoms with Crippen LogP contribution in [0.5, 0.6) is 0 Å². The first-order chi connectivity index (χ1) is 19.4. The van der Waals surface area contributed by atoms with E-state index in [-0.39, 0.29) is 0 Å². The number of hydrogen-bond acceptors (Lipinski definition) is 0. The van der Waals surface area contributed by atoms with Gasteiger partial charge in [0.25, 0.3) is 0 Å². The molecule has 0 unspecified atom stereocenters. The van der Waals surface area contributed by atoms with Crippen molar-refractivity contribution in [1.82, 2.24) is 4.90 Å². The number of halogens is 4. The zero-order valence-electron chi connectivity index (χ0n) is 22.2. The number of likely N-dealkylation sites (tertiary alicyclic amines) is 1. The second kappa shape index (κ2) is 12.5. The first-order valence-corrected chi connectivity index (χ1v) is 13.9. The Morgan fingerprint density at radius 2 is 0.800 bits per heavy atom. The fraction of sp³-hybridized carbons (Fsp3) is 0.242. The van der Waals surface area contributed by atoms with E-state index in [0.717, 1.165) is 0 Å². The molecule has 7 heteroatoms. The summed E-state index contributed by atoms with van der Waals surface area (Å²) in [6, 6.07) is 45.8. The number of hydrogen-bond donors (Lipinski definition) is 0. The van der Waals surface area contributed by atoms with Gasteiger partial charge in [0, 0.05) is 0 Å². The highest BCUT2D eigenvalue weighted by atomic mass is 19.5. The summed E-state index contributed by atoms with van der Waals surface area (Å²) in [5, 5.41) is 0. The van der Waals surface area contributed by atoms with Crippen molar-refractivity contribution in [1.29, 1.82) is 0 Å². The molecule has 2 aliphatic heterocycles. The van der Waals surface area contributed by atoms with Gasteiger partial charge in [0.2, 0.25) is 6.34 Å². The average molecular weight is 544 g/mol. The number of rotatable bonds is 5. The summed E-state index contributed by atoms with van der Waals surface area (Å²) in [5.74, 6) is 0. The van der Waals surface area contributed by atoms with E-state index in [2.05, 4.69) is 137 Å². The molecule has 4 aromatic carbocycles. The minimum Gasteiger partial charge on any atom is -0.418 e. The maximum Gasteiger partial charge on any atom is 0.673 e. The minimum atomic E-state index is -6.00. The van der Waals surface area contributed by atoms with Crippen LogP contribution in [0.2, 0.25) is 0 Å². The summed E-state index contributed by atoms with van der Waals surface area (Å²) in [6.07, 6.45) is 7.17. The molecule has 0 amide bonds. The van der Waals surface area contributed by atoms with Crippen LogP contribution in [0.3, 0.4) is 0 Å². The molecular formula is C33H33BF4N2.